The Balaban J connectivity index is 1.16. The van der Waals surface area contributed by atoms with Crippen molar-refractivity contribution >= 4 is 34.3 Å². The standard InChI is InChI=1S/C23H22ClN3O4/c24-17-2-3-19-18(9-17)15(11-25-19)5-6-27-12-16(8-22(27)28)23(29)26-10-14-1-4-20-21(7-14)31-13-30-20/h1-4,7,9,11,16,25H,5-6,8,10,12-13H2,(H,26,29)/t16-/m1/s1. The molecule has 1 aromatic heterocycles. The highest BCUT2D eigenvalue weighted by Crippen LogP contribution is 2.32. The number of likely N-dealkylation sites (tertiary alicyclic amines) is 1. The van der Waals surface area contributed by atoms with E-state index >= 15 is 0 Å². The molecule has 2 aliphatic heterocycles. The van der Waals surface area contributed by atoms with Gasteiger partial charge in [0.25, 0.3) is 0 Å². The van der Waals surface area contributed by atoms with Crippen LogP contribution in [0, 0.1) is 5.92 Å². The van der Waals surface area contributed by atoms with Crippen LogP contribution >= 0.6 is 11.6 Å². The number of amides is 2. The van der Waals surface area contributed by atoms with Crippen molar-refractivity contribution in [3.05, 3.63) is 58.7 Å². The molecular formula is C23H22ClN3O4. The smallest absolute Gasteiger partial charge is 0.231 e. The van der Waals surface area contributed by atoms with Crippen molar-refractivity contribution in [1.82, 2.24) is 15.2 Å². The van der Waals surface area contributed by atoms with E-state index in [2.05, 4.69) is 10.3 Å². The van der Waals surface area contributed by atoms with Crippen molar-refractivity contribution in [3.8, 4) is 11.5 Å². The summed E-state index contributed by atoms with van der Waals surface area (Å²) < 4.78 is 10.7. The number of nitrogens with zero attached hydrogens (tertiary/aromatic N) is 1. The van der Waals surface area contributed by atoms with Gasteiger partial charge >= 0.3 is 0 Å². The molecule has 0 spiro atoms. The fourth-order valence-corrected chi connectivity index (χ4v) is 4.33. The molecule has 2 N–H and O–H groups in total. The normalized spacial score (nSPS) is 17.5. The van der Waals surface area contributed by atoms with E-state index in [9.17, 15) is 9.59 Å². The van der Waals surface area contributed by atoms with Crippen LogP contribution in [0.25, 0.3) is 10.9 Å². The minimum Gasteiger partial charge on any atom is -0.454 e. The summed E-state index contributed by atoms with van der Waals surface area (Å²) in [6.07, 6.45) is 2.90. The number of carbonyl (C=O) groups excluding carboxylic acids is 2. The molecule has 160 valence electrons. The van der Waals surface area contributed by atoms with E-state index in [0.717, 1.165) is 22.0 Å². The lowest BCUT2D eigenvalue weighted by atomic mass is 10.1. The van der Waals surface area contributed by atoms with Crippen LogP contribution in [0.3, 0.4) is 0 Å². The fraction of sp³-hybridized carbons (Fsp3) is 0.304. The number of fused-ring (bicyclic) bond motifs is 2. The molecule has 0 aliphatic carbocycles. The van der Waals surface area contributed by atoms with Crippen molar-refractivity contribution in [1.29, 1.82) is 0 Å². The molecule has 1 saturated heterocycles. The summed E-state index contributed by atoms with van der Waals surface area (Å²) in [5, 5.41) is 4.69. The first kappa shape index (κ1) is 19.8. The largest absolute Gasteiger partial charge is 0.454 e. The summed E-state index contributed by atoms with van der Waals surface area (Å²) in [4.78, 5) is 30.1. The lowest BCUT2D eigenvalue weighted by Gasteiger charge is -2.16. The van der Waals surface area contributed by atoms with Crippen molar-refractivity contribution < 1.29 is 19.1 Å². The van der Waals surface area contributed by atoms with Crippen molar-refractivity contribution in [2.45, 2.75) is 19.4 Å². The Labute approximate surface area is 184 Å². The SMILES string of the molecule is O=C(NCc1ccc2c(c1)OCO2)[C@@H]1CC(=O)N(CCc2c[nH]c3ccc(Cl)cc23)C1. The van der Waals surface area contributed by atoms with Gasteiger partial charge < -0.3 is 24.7 Å². The van der Waals surface area contributed by atoms with Crippen LogP contribution in [-0.2, 0) is 22.6 Å². The highest BCUT2D eigenvalue weighted by Gasteiger charge is 2.34. The van der Waals surface area contributed by atoms with Gasteiger partial charge in [-0.05, 0) is 47.9 Å². The molecule has 1 fully saturated rings. The highest BCUT2D eigenvalue weighted by atomic mass is 35.5. The number of aromatic nitrogens is 1. The lowest BCUT2D eigenvalue weighted by molar-refractivity contribution is -0.129. The summed E-state index contributed by atoms with van der Waals surface area (Å²) in [6, 6.07) is 11.3. The predicted octanol–water partition coefficient (Wildman–Crippen LogP) is 3.26. The van der Waals surface area contributed by atoms with Crippen molar-refractivity contribution in [2.24, 2.45) is 5.92 Å². The Morgan fingerprint density at radius 1 is 1.19 bits per heavy atom. The van der Waals surface area contributed by atoms with Crippen LogP contribution in [-0.4, -0.2) is 41.6 Å². The zero-order chi connectivity index (χ0) is 21.4. The molecular weight excluding hydrogens is 418 g/mol. The second-order valence-electron chi connectivity index (χ2n) is 7.90. The van der Waals surface area contributed by atoms with E-state index in [4.69, 9.17) is 21.1 Å². The van der Waals surface area contributed by atoms with Gasteiger partial charge in [0.2, 0.25) is 18.6 Å². The number of halogens is 1. The third kappa shape index (κ3) is 4.05. The molecule has 0 saturated carbocycles. The number of hydrogen-bond donors (Lipinski definition) is 2. The van der Waals surface area contributed by atoms with Gasteiger partial charge in [-0.1, -0.05) is 17.7 Å². The molecule has 2 amide bonds. The number of nitrogens with one attached hydrogen (secondary N) is 2. The Morgan fingerprint density at radius 3 is 2.97 bits per heavy atom. The minimum atomic E-state index is -0.334. The zero-order valence-corrected chi connectivity index (χ0v) is 17.6. The molecule has 3 heterocycles. The Hall–Kier alpha value is -3.19. The summed E-state index contributed by atoms with van der Waals surface area (Å²) in [5.41, 5.74) is 3.06. The average molecular weight is 440 g/mol. The van der Waals surface area contributed by atoms with Gasteiger partial charge in [0, 0.05) is 48.2 Å². The summed E-state index contributed by atoms with van der Waals surface area (Å²) >= 11 is 6.12. The molecule has 1 atom stereocenters. The van der Waals surface area contributed by atoms with Crippen LogP contribution in [0.1, 0.15) is 17.5 Å². The third-order valence-corrected chi connectivity index (χ3v) is 6.10. The molecule has 8 heteroatoms. The Bertz CT molecular complexity index is 1160. The maximum atomic E-state index is 12.6. The molecule has 2 aromatic carbocycles. The minimum absolute atomic E-state index is 0.0149. The molecule has 3 aromatic rings. The molecule has 0 unspecified atom stereocenters. The fourth-order valence-electron chi connectivity index (χ4n) is 4.16. The van der Waals surface area contributed by atoms with Crippen LogP contribution in [0.15, 0.2) is 42.6 Å². The monoisotopic (exact) mass is 439 g/mol. The molecule has 2 aliphatic rings. The number of carbonyl (C=O) groups is 2. The summed E-state index contributed by atoms with van der Waals surface area (Å²) in [6.45, 7) is 1.62. The maximum absolute atomic E-state index is 12.6. The van der Waals surface area contributed by atoms with Crippen LogP contribution < -0.4 is 14.8 Å². The maximum Gasteiger partial charge on any atom is 0.231 e. The number of H-pyrrole nitrogens is 1. The number of benzene rings is 2. The average Bonchev–Trinajstić information content (AvgIpc) is 3.48. The molecule has 0 radical (unpaired) electrons. The van der Waals surface area contributed by atoms with Crippen molar-refractivity contribution in [2.75, 3.05) is 19.9 Å². The number of rotatable bonds is 6. The van der Waals surface area contributed by atoms with E-state index in [-0.39, 0.29) is 30.9 Å². The number of aromatic amines is 1. The first-order valence-corrected chi connectivity index (χ1v) is 10.6. The van der Waals surface area contributed by atoms with E-state index in [0.29, 0.717) is 42.6 Å². The van der Waals surface area contributed by atoms with Gasteiger partial charge in [-0.15, -0.1) is 0 Å². The Morgan fingerprint density at radius 2 is 2.06 bits per heavy atom. The summed E-state index contributed by atoms with van der Waals surface area (Å²) in [5.74, 6) is 0.976. The van der Waals surface area contributed by atoms with Gasteiger partial charge in [0.1, 0.15) is 0 Å². The van der Waals surface area contributed by atoms with Crippen LogP contribution in [0.4, 0.5) is 0 Å². The molecule has 5 rings (SSSR count). The highest BCUT2D eigenvalue weighted by molar-refractivity contribution is 6.31. The van der Waals surface area contributed by atoms with E-state index in [1.807, 2.05) is 42.6 Å². The third-order valence-electron chi connectivity index (χ3n) is 5.87. The van der Waals surface area contributed by atoms with Crippen LogP contribution in [0.5, 0.6) is 11.5 Å². The van der Waals surface area contributed by atoms with Gasteiger partial charge in [-0.2, -0.15) is 0 Å². The quantitative estimate of drug-likeness (QED) is 0.617. The lowest BCUT2D eigenvalue weighted by Crippen LogP contribution is -2.33. The second-order valence-corrected chi connectivity index (χ2v) is 8.34. The van der Waals surface area contributed by atoms with Crippen LogP contribution in [0.2, 0.25) is 5.02 Å². The van der Waals surface area contributed by atoms with E-state index in [1.54, 1.807) is 4.90 Å². The predicted molar refractivity (Wildman–Crippen MR) is 116 cm³/mol. The van der Waals surface area contributed by atoms with E-state index in [1.165, 1.54) is 0 Å². The number of hydrogen-bond acceptors (Lipinski definition) is 4. The van der Waals surface area contributed by atoms with Gasteiger partial charge in [-0.3, -0.25) is 9.59 Å². The molecule has 0 bridgehead atoms. The van der Waals surface area contributed by atoms with Gasteiger partial charge in [0.05, 0.1) is 5.92 Å². The first-order valence-electron chi connectivity index (χ1n) is 10.3. The zero-order valence-electron chi connectivity index (χ0n) is 16.8. The van der Waals surface area contributed by atoms with E-state index < -0.39 is 0 Å². The van der Waals surface area contributed by atoms with Gasteiger partial charge in [-0.25, -0.2) is 0 Å². The summed E-state index contributed by atoms with van der Waals surface area (Å²) in [7, 11) is 0. The second kappa shape index (κ2) is 8.15. The Kier molecular flexibility index (Phi) is 5.19. The first-order chi connectivity index (χ1) is 15.1. The molecule has 7 nitrogen and oxygen atoms in total. The topological polar surface area (TPSA) is 83.7 Å². The number of ether oxygens (including phenoxy) is 2. The van der Waals surface area contributed by atoms with Gasteiger partial charge in [0.15, 0.2) is 11.5 Å². The molecule has 31 heavy (non-hydrogen) atoms. The van der Waals surface area contributed by atoms with Crippen molar-refractivity contribution in [3.63, 3.8) is 0 Å².